The molecule has 0 spiro atoms. The third-order valence-corrected chi connectivity index (χ3v) is 3.27. The molecule has 0 saturated carbocycles. The van der Waals surface area contributed by atoms with Gasteiger partial charge in [-0.1, -0.05) is 12.1 Å². The van der Waals surface area contributed by atoms with Crippen LogP contribution in [0.3, 0.4) is 0 Å². The second kappa shape index (κ2) is 4.34. The molecule has 0 aliphatic heterocycles. The van der Waals surface area contributed by atoms with Crippen LogP contribution in [0, 0.1) is 0 Å². The Morgan fingerprint density at radius 3 is 2.65 bits per heavy atom. The molecule has 2 heterocycles. The van der Waals surface area contributed by atoms with Gasteiger partial charge in [0, 0.05) is 23.0 Å². The number of imidazole rings is 1. The number of benzene rings is 1. The van der Waals surface area contributed by atoms with E-state index in [1.807, 2.05) is 30.3 Å². The molecule has 3 aromatic rings. The summed E-state index contributed by atoms with van der Waals surface area (Å²) in [4.78, 5) is 8.90. The molecule has 0 aliphatic carbocycles. The van der Waals surface area contributed by atoms with Crippen LogP contribution in [0.1, 0.15) is 20.8 Å². The van der Waals surface area contributed by atoms with E-state index in [4.69, 9.17) is 10.7 Å². The number of nitrogen functional groups attached to an aromatic ring is 1. The van der Waals surface area contributed by atoms with Crippen LogP contribution in [0.5, 0.6) is 0 Å². The zero-order valence-corrected chi connectivity index (χ0v) is 12.0. The van der Waals surface area contributed by atoms with Crippen molar-refractivity contribution in [1.29, 1.82) is 0 Å². The first-order valence-corrected chi connectivity index (χ1v) is 6.66. The van der Waals surface area contributed by atoms with Crippen molar-refractivity contribution < 1.29 is 0 Å². The van der Waals surface area contributed by atoms with E-state index in [9.17, 15) is 0 Å². The van der Waals surface area contributed by atoms with E-state index >= 15 is 0 Å². The van der Waals surface area contributed by atoms with E-state index in [0.29, 0.717) is 0 Å². The zero-order chi connectivity index (χ0) is 14.3. The molecule has 0 saturated heterocycles. The Morgan fingerprint density at radius 1 is 1.15 bits per heavy atom. The second-order valence-electron chi connectivity index (χ2n) is 5.93. The molecule has 0 atom stereocenters. The Morgan fingerprint density at radius 2 is 1.95 bits per heavy atom. The summed E-state index contributed by atoms with van der Waals surface area (Å²) in [6.45, 7) is 6.51. The van der Waals surface area contributed by atoms with Gasteiger partial charge in [-0.25, -0.2) is 4.98 Å². The number of pyridine rings is 1. The fourth-order valence-corrected chi connectivity index (χ4v) is 2.48. The highest BCUT2D eigenvalue weighted by Crippen LogP contribution is 2.31. The topological polar surface area (TPSA) is 56.7 Å². The Labute approximate surface area is 118 Å². The number of fused-ring (bicyclic) bond motifs is 1. The minimum absolute atomic E-state index is 0.0734. The molecule has 20 heavy (non-hydrogen) atoms. The standard InChI is InChI=1S/C16H18N4/c1-16(2,3)20-14-7-8-18-10-13(14)19-15(20)11-5-4-6-12(17)9-11/h4-10H,17H2,1-3H3. The van der Waals surface area contributed by atoms with Crippen molar-refractivity contribution in [1.82, 2.24) is 14.5 Å². The Hall–Kier alpha value is -2.36. The van der Waals surface area contributed by atoms with Gasteiger partial charge in [-0.15, -0.1) is 0 Å². The lowest BCUT2D eigenvalue weighted by Crippen LogP contribution is -2.22. The number of hydrogen-bond donors (Lipinski definition) is 1. The van der Waals surface area contributed by atoms with Crippen molar-refractivity contribution in [2.75, 3.05) is 5.73 Å². The van der Waals surface area contributed by atoms with E-state index in [0.717, 1.165) is 28.1 Å². The van der Waals surface area contributed by atoms with Crippen LogP contribution in [0.15, 0.2) is 42.7 Å². The average molecular weight is 266 g/mol. The normalized spacial score (nSPS) is 11.9. The molecule has 102 valence electrons. The molecule has 0 aliphatic rings. The monoisotopic (exact) mass is 266 g/mol. The number of nitrogens with two attached hydrogens (primary N) is 1. The Bertz CT molecular complexity index is 765. The summed E-state index contributed by atoms with van der Waals surface area (Å²) in [6, 6.07) is 9.83. The first-order chi connectivity index (χ1) is 9.47. The van der Waals surface area contributed by atoms with E-state index in [1.165, 1.54) is 0 Å². The van der Waals surface area contributed by atoms with Crippen LogP contribution in [0.2, 0.25) is 0 Å². The fraction of sp³-hybridized carbons (Fsp3) is 0.250. The lowest BCUT2D eigenvalue weighted by atomic mass is 10.1. The molecule has 0 fully saturated rings. The maximum atomic E-state index is 5.90. The molecular formula is C16H18N4. The van der Waals surface area contributed by atoms with Gasteiger partial charge in [-0.3, -0.25) is 4.98 Å². The van der Waals surface area contributed by atoms with Crippen molar-refractivity contribution in [2.45, 2.75) is 26.3 Å². The zero-order valence-electron chi connectivity index (χ0n) is 12.0. The third kappa shape index (κ3) is 2.03. The van der Waals surface area contributed by atoms with Crippen LogP contribution >= 0.6 is 0 Å². The van der Waals surface area contributed by atoms with Gasteiger partial charge in [0.05, 0.1) is 11.7 Å². The van der Waals surface area contributed by atoms with E-state index in [2.05, 4.69) is 30.3 Å². The first kappa shape index (κ1) is 12.7. The molecule has 0 bridgehead atoms. The predicted octanol–water partition coefficient (Wildman–Crippen LogP) is 3.44. The largest absolute Gasteiger partial charge is 0.399 e. The smallest absolute Gasteiger partial charge is 0.141 e. The summed E-state index contributed by atoms with van der Waals surface area (Å²) in [5.74, 6) is 0.924. The van der Waals surface area contributed by atoms with Crippen molar-refractivity contribution in [3.05, 3.63) is 42.7 Å². The fourth-order valence-electron chi connectivity index (χ4n) is 2.48. The molecule has 4 heteroatoms. The maximum Gasteiger partial charge on any atom is 0.141 e. The SMILES string of the molecule is CC(C)(C)n1c(-c2cccc(N)c2)nc2cnccc21. The number of aromatic nitrogens is 3. The summed E-state index contributed by atoms with van der Waals surface area (Å²) in [5.41, 5.74) is 9.58. The lowest BCUT2D eigenvalue weighted by molar-refractivity contribution is 0.413. The van der Waals surface area contributed by atoms with Gasteiger partial charge in [0.25, 0.3) is 0 Å². The van der Waals surface area contributed by atoms with E-state index in [1.54, 1.807) is 12.4 Å². The highest BCUT2D eigenvalue weighted by atomic mass is 15.1. The first-order valence-electron chi connectivity index (χ1n) is 6.66. The molecule has 4 nitrogen and oxygen atoms in total. The van der Waals surface area contributed by atoms with Crippen LogP contribution in [0.4, 0.5) is 5.69 Å². The third-order valence-electron chi connectivity index (χ3n) is 3.27. The number of anilines is 1. The van der Waals surface area contributed by atoms with Gasteiger partial charge in [0.1, 0.15) is 11.3 Å². The van der Waals surface area contributed by atoms with Gasteiger partial charge in [0.2, 0.25) is 0 Å². The van der Waals surface area contributed by atoms with Gasteiger partial charge in [0.15, 0.2) is 0 Å². The van der Waals surface area contributed by atoms with Crippen molar-refractivity contribution in [2.24, 2.45) is 0 Å². The van der Waals surface area contributed by atoms with E-state index < -0.39 is 0 Å². The minimum atomic E-state index is -0.0734. The highest BCUT2D eigenvalue weighted by molar-refractivity contribution is 5.80. The molecule has 2 aromatic heterocycles. The summed E-state index contributed by atoms with van der Waals surface area (Å²) >= 11 is 0. The second-order valence-corrected chi connectivity index (χ2v) is 5.93. The molecule has 0 amide bonds. The van der Waals surface area contributed by atoms with Crippen LogP contribution in [-0.2, 0) is 5.54 Å². The minimum Gasteiger partial charge on any atom is -0.399 e. The average Bonchev–Trinajstić information content (AvgIpc) is 2.77. The highest BCUT2D eigenvalue weighted by Gasteiger charge is 2.22. The number of rotatable bonds is 1. The molecule has 3 rings (SSSR count). The predicted molar refractivity (Wildman–Crippen MR) is 82.4 cm³/mol. The summed E-state index contributed by atoms with van der Waals surface area (Å²) < 4.78 is 2.23. The van der Waals surface area contributed by atoms with Gasteiger partial charge >= 0.3 is 0 Å². The van der Waals surface area contributed by atoms with Crippen LogP contribution in [-0.4, -0.2) is 14.5 Å². The summed E-state index contributed by atoms with van der Waals surface area (Å²) in [6.07, 6.45) is 3.60. The molecule has 0 radical (unpaired) electrons. The Kier molecular flexibility index (Phi) is 2.74. The molecule has 2 N–H and O–H groups in total. The van der Waals surface area contributed by atoms with Crippen molar-refractivity contribution in [3.63, 3.8) is 0 Å². The number of nitrogens with zero attached hydrogens (tertiary/aromatic N) is 3. The maximum absolute atomic E-state index is 5.90. The van der Waals surface area contributed by atoms with Gasteiger partial charge in [-0.2, -0.15) is 0 Å². The van der Waals surface area contributed by atoms with Crippen LogP contribution in [0.25, 0.3) is 22.4 Å². The lowest BCUT2D eigenvalue weighted by Gasteiger charge is -2.24. The number of hydrogen-bond acceptors (Lipinski definition) is 3. The quantitative estimate of drug-likeness (QED) is 0.686. The summed E-state index contributed by atoms with van der Waals surface area (Å²) in [7, 11) is 0. The van der Waals surface area contributed by atoms with Gasteiger partial charge < -0.3 is 10.3 Å². The van der Waals surface area contributed by atoms with Crippen molar-refractivity contribution in [3.8, 4) is 11.4 Å². The van der Waals surface area contributed by atoms with Crippen molar-refractivity contribution >= 4 is 16.7 Å². The molecule has 0 unspecified atom stereocenters. The van der Waals surface area contributed by atoms with Crippen LogP contribution < -0.4 is 5.73 Å². The molecular weight excluding hydrogens is 248 g/mol. The molecule has 1 aromatic carbocycles. The Balaban J connectivity index is 2.35. The van der Waals surface area contributed by atoms with E-state index in [-0.39, 0.29) is 5.54 Å². The van der Waals surface area contributed by atoms with Gasteiger partial charge in [-0.05, 0) is 39.0 Å². The summed E-state index contributed by atoms with van der Waals surface area (Å²) in [5, 5.41) is 0.